The predicted molar refractivity (Wildman–Crippen MR) is 41.2 cm³/mol. The number of aromatic hydroxyl groups is 1. The molecular formula is C8H6N2O. The SMILES string of the molecule is Oc1ccc2ncccc2n1. The smallest absolute Gasteiger partial charge is 0.211 e. The van der Waals surface area contributed by atoms with Gasteiger partial charge in [0.25, 0.3) is 0 Å². The minimum absolute atomic E-state index is 0.0329. The van der Waals surface area contributed by atoms with Gasteiger partial charge in [0.2, 0.25) is 5.88 Å². The van der Waals surface area contributed by atoms with E-state index in [1.807, 2.05) is 6.07 Å². The van der Waals surface area contributed by atoms with Gasteiger partial charge in [-0.2, -0.15) is 0 Å². The molecular weight excluding hydrogens is 140 g/mol. The molecule has 11 heavy (non-hydrogen) atoms. The highest BCUT2D eigenvalue weighted by atomic mass is 16.3. The van der Waals surface area contributed by atoms with Gasteiger partial charge in [0.05, 0.1) is 11.0 Å². The van der Waals surface area contributed by atoms with Crippen LogP contribution in [0.25, 0.3) is 11.0 Å². The van der Waals surface area contributed by atoms with Crippen molar-refractivity contribution in [3.63, 3.8) is 0 Å². The summed E-state index contributed by atoms with van der Waals surface area (Å²) in [6.45, 7) is 0. The molecule has 0 saturated heterocycles. The number of fused-ring (bicyclic) bond motifs is 1. The van der Waals surface area contributed by atoms with Crippen LogP contribution in [0.5, 0.6) is 5.88 Å². The first-order chi connectivity index (χ1) is 5.36. The zero-order chi connectivity index (χ0) is 7.68. The molecule has 0 radical (unpaired) electrons. The highest BCUT2D eigenvalue weighted by molar-refractivity contribution is 5.73. The molecule has 0 atom stereocenters. The van der Waals surface area contributed by atoms with Gasteiger partial charge in [-0.3, -0.25) is 4.98 Å². The van der Waals surface area contributed by atoms with E-state index >= 15 is 0 Å². The van der Waals surface area contributed by atoms with Gasteiger partial charge in [-0.05, 0) is 18.2 Å². The van der Waals surface area contributed by atoms with E-state index < -0.39 is 0 Å². The highest BCUT2D eigenvalue weighted by Crippen LogP contribution is 2.11. The lowest BCUT2D eigenvalue weighted by molar-refractivity contribution is 0.456. The summed E-state index contributed by atoms with van der Waals surface area (Å²) in [5.74, 6) is 0.0329. The number of nitrogens with zero attached hydrogens (tertiary/aromatic N) is 2. The fraction of sp³-hybridized carbons (Fsp3) is 0. The van der Waals surface area contributed by atoms with Crippen molar-refractivity contribution in [2.45, 2.75) is 0 Å². The second-order valence-electron chi connectivity index (χ2n) is 2.21. The molecule has 0 aliphatic rings. The Morgan fingerprint density at radius 3 is 2.91 bits per heavy atom. The molecule has 2 rings (SSSR count). The molecule has 0 saturated carbocycles. The van der Waals surface area contributed by atoms with E-state index in [4.69, 9.17) is 5.11 Å². The molecule has 2 aromatic rings. The third-order valence-corrected chi connectivity index (χ3v) is 1.44. The summed E-state index contributed by atoms with van der Waals surface area (Å²) in [5, 5.41) is 8.99. The van der Waals surface area contributed by atoms with Crippen molar-refractivity contribution in [1.29, 1.82) is 0 Å². The largest absolute Gasteiger partial charge is 0.493 e. The van der Waals surface area contributed by atoms with Crippen LogP contribution < -0.4 is 0 Å². The van der Waals surface area contributed by atoms with E-state index in [1.54, 1.807) is 18.3 Å². The summed E-state index contributed by atoms with van der Waals surface area (Å²) < 4.78 is 0. The van der Waals surface area contributed by atoms with Crippen LogP contribution >= 0.6 is 0 Å². The highest BCUT2D eigenvalue weighted by Gasteiger charge is 1.94. The van der Waals surface area contributed by atoms with Crippen LogP contribution in [0.2, 0.25) is 0 Å². The third-order valence-electron chi connectivity index (χ3n) is 1.44. The monoisotopic (exact) mass is 146 g/mol. The van der Waals surface area contributed by atoms with Crippen LogP contribution in [-0.2, 0) is 0 Å². The van der Waals surface area contributed by atoms with Crippen molar-refractivity contribution in [2.24, 2.45) is 0 Å². The van der Waals surface area contributed by atoms with Gasteiger partial charge in [0, 0.05) is 12.3 Å². The second-order valence-corrected chi connectivity index (χ2v) is 2.21. The lowest BCUT2D eigenvalue weighted by Crippen LogP contribution is -1.80. The molecule has 0 spiro atoms. The second kappa shape index (κ2) is 2.20. The zero-order valence-corrected chi connectivity index (χ0v) is 5.73. The minimum atomic E-state index is 0.0329. The van der Waals surface area contributed by atoms with Gasteiger partial charge in [-0.1, -0.05) is 0 Å². The Hall–Kier alpha value is -1.64. The fourth-order valence-electron chi connectivity index (χ4n) is 0.946. The van der Waals surface area contributed by atoms with Crippen molar-refractivity contribution in [2.75, 3.05) is 0 Å². The minimum Gasteiger partial charge on any atom is -0.493 e. The molecule has 0 aromatic carbocycles. The van der Waals surface area contributed by atoms with E-state index in [-0.39, 0.29) is 5.88 Å². The average molecular weight is 146 g/mol. The lowest BCUT2D eigenvalue weighted by Gasteiger charge is -1.94. The normalized spacial score (nSPS) is 10.2. The maximum atomic E-state index is 8.99. The average Bonchev–Trinajstić information content (AvgIpc) is 2.04. The van der Waals surface area contributed by atoms with Crippen molar-refractivity contribution in [1.82, 2.24) is 9.97 Å². The molecule has 1 N–H and O–H groups in total. The van der Waals surface area contributed by atoms with Gasteiger partial charge < -0.3 is 5.11 Å². The lowest BCUT2D eigenvalue weighted by atomic mass is 10.3. The number of rotatable bonds is 0. The quantitative estimate of drug-likeness (QED) is 0.610. The molecule has 3 nitrogen and oxygen atoms in total. The summed E-state index contributed by atoms with van der Waals surface area (Å²) >= 11 is 0. The summed E-state index contributed by atoms with van der Waals surface area (Å²) in [6, 6.07) is 6.85. The number of hydrogen-bond acceptors (Lipinski definition) is 3. The molecule has 3 heteroatoms. The van der Waals surface area contributed by atoms with Crippen molar-refractivity contribution >= 4 is 11.0 Å². The number of hydrogen-bond donors (Lipinski definition) is 1. The Bertz CT molecular complexity index is 387. The molecule has 0 aliphatic heterocycles. The van der Waals surface area contributed by atoms with E-state index in [2.05, 4.69) is 9.97 Å². The van der Waals surface area contributed by atoms with Crippen LogP contribution in [0.15, 0.2) is 30.5 Å². The third kappa shape index (κ3) is 1.00. The van der Waals surface area contributed by atoms with Crippen LogP contribution in [0, 0.1) is 0 Å². The first kappa shape index (κ1) is 6.09. The Kier molecular flexibility index (Phi) is 1.22. The van der Waals surface area contributed by atoms with Crippen LogP contribution in [0.4, 0.5) is 0 Å². The summed E-state index contributed by atoms with van der Waals surface area (Å²) in [7, 11) is 0. The number of pyridine rings is 2. The molecule has 54 valence electrons. The first-order valence-electron chi connectivity index (χ1n) is 3.27. The Morgan fingerprint density at radius 1 is 1.09 bits per heavy atom. The molecule has 0 bridgehead atoms. The summed E-state index contributed by atoms with van der Waals surface area (Å²) in [5.41, 5.74) is 1.51. The molecule has 0 fully saturated rings. The zero-order valence-electron chi connectivity index (χ0n) is 5.73. The van der Waals surface area contributed by atoms with E-state index in [1.165, 1.54) is 6.07 Å². The molecule has 2 aromatic heterocycles. The van der Waals surface area contributed by atoms with Crippen LogP contribution in [0.1, 0.15) is 0 Å². The summed E-state index contributed by atoms with van der Waals surface area (Å²) in [6.07, 6.45) is 1.70. The van der Waals surface area contributed by atoms with Crippen LogP contribution in [0.3, 0.4) is 0 Å². The van der Waals surface area contributed by atoms with Crippen molar-refractivity contribution < 1.29 is 5.11 Å². The molecule has 0 unspecified atom stereocenters. The molecule has 2 heterocycles. The summed E-state index contributed by atoms with van der Waals surface area (Å²) in [4.78, 5) is 7.92. The maximum Gasteiger partial charge on any atom is 0.211 e. The van der Waals surface area contributed by atoms with E-state index in [0.29, 0.717) is 5.52 Å². The first-order valence-corrected chi connectivity index (χ1v) is 3.27. The van der Waals surface area contributed by atoms with Gasteiger partial charge >= 0.3 is 0 Å². The maximum absolute atomic E-state index is 8.99. The van der Waals surface area contributed by atoms with Gasteiger partial charge in [0.15, 0.2) is 0 Å². The molecule has 0 aliphatic carbocycles. The van der Waals surface area contributed by atoms with Gasteiger partial charge in [0.1, 0.15) is 0 Å². The predicted octanol–water partition coefficient (Wildman–Crippen LogP) is 1.34. The van der Waals surface area contributed by atoms with E-state index in [9.17, 15) is 0 Å². The Labute approximate surface area is 63.3 Å². The van der Waals surface area contributed by atoms with E-state index in [0.717, 1.165) is 5.52 Å². The standard InChI is InChI=1S/C8H6N2O/c11-8-4-3-6-7(10-8)2-1-5-9-6/h1-5H,(H,10,11). The Morgan fingerprint density at radius 2 is 2.00 bits per heavy atom. The fourth-order valence-corrected chi connectivity index (χ4v) is 0.946. The molecule has 0 amide bonds. The topological polar surface area (TPSA) is 46.0 Å². The van der Waals surface area contributed by atoms with Crippen molar-refractivity contribution in [3.8, 4) is 5.88 Å². The Balaban J connectivity index is 2.83. The number of aromatic nitrogens is 2. The van der Waals surface area contributed by atoms with Gasteiger partial charge in [-0.15, -0.1) is 0 Å². The van der Waals surface area contributed by atoms with Gasteiger partial charge in [-0.25, -0.2) is 4.98 Å². The van der Waals surface area contributed by atoms with Crippen molar-refractivity contribution in [3.05, 3.63) is 30.5 Å². The van der Waals surface area contributed by atoms with Crippen LogP contribution in [-0.4, -0.2) is 15.1 Å².